The fourth-order valence-corrected chi connectivity index (χ4v) is 4.05. The van der Waals surface area contributed by atoms with Crippen molar-refractivity contribution in [2.24, 2.45) is 0 Å². The van der Waals surface area contributed by atoms with Gasteiger partial charge in [0.1, 0.15) is 5.65 Å². The first kappa shape index (κ1) is 18.3. The number of rotatable bonds is 5. The van der Waals surface area contributed by atoms with Gasteiger partial charge in [-0.05, 0) is 19.1 Å². The molecule has 10 heteroatoms. The van der Waals surface area contributed by atoms with Gasteiger partial charge >= 0.3 is 0 Å². The van der Waals surface area contributed by atoms with Gasteiger partial charge in [-0.1, -0.05) is 23.4 Å². The summed E-state index contributed by atoms with van der Waals surface area (Å²) in [6.45, 7) is 5.88. The predicted molar refractivity (Wildman–Crippen MR) is 105 cm³/mol. The minimum atomic E-state index is -0.149. The molecule has 0 aromatic carbocycles. The van der Waals surface area contributed by atoms with Crippen molar-refractivity contribution in [2.75, 3.05) is 31.2 Å². The number of halogens is 1. The van der Waals surface area contributed by atoms with Gasteiger partial charge in [-0.3, -0.25) is 13.8 Å². The molecule has 1 saturated heterocycles. The first-order valence-corrected chi connectivity index (χ1v) is 10.1. The van der Waals surface area contributed by atoms with Gasteiger partial charge in [0.25, 0.3) is 5.56 Å². The molecule has 4 heterocycles. The van der Waals surface area contributed by atoms with Crippen LogP contribution in [-0.4, -0.2) is 50.5 Å². The van der Waals surface area contributed by atoms with E-state index in [4.69, 9.17) is 16.3 Å². The summed E-state index contributed by atoms with van der Waals surface area (Å²) in [4.78, 5) is 19.0. The highest BCUT2D eigenvalue weighted by atomic mass is 35.5. The lowest BCUT2D eigenvalue weighted by Gasteiger charge is -2.27. The average molecular weight is 407 g/mol. The maximum Gasteiger partial charge on any atom is 0.258 e. The summed E-state index contributed by atoms with van der Waals surface area (Å²) in [5.41, 5.74) is 1.13. The third-order valence-electron chi connectivity index (χ3n) is 4.33. The van der Waals surface area contributed by atoms with E-state index in [0.717, 1.165) is 30.7 Å². The minimum Gasteiger partial charge on any atom is -0.378 e. The predicted octanol–water partition coefficient (Wildman–Crippen LogP) is 2.09. The molecule has 3 aromatic rings. The average Bonchev–Trinajstić information content (AvgIpc) is 3.10. The van der Waals surface area contributed by atoms with Crippen LogP contribution in [0.4, 0.5) is 5.95 Å². The first-order valence-electron chi connectivity index (χ1n) is 8.72. The van der Waals surface area contributed by atoms with E-state index >= 15 is 0 Å². The van der Waals surface area contributed by atoms with E-state index in [0.29, 0.717) is 35.3 Å². The van der Waals surface area contributed by atoms with Crippen molar-refractivity contribution in [3.05, 3.63) is 45.5 Å². The lowest BCUT2D eigenvalue weighted by atomic mass is 10.4. The Morgan fingerprint density at radius 3 is 2.85 bits per heavy atom. The summed E-state index contributed by atoms with van der Waals surface area (Å²) in [5.74, 6) is 1.40. The Labute approximate surface area is 165 Å². The minimum absolute atomic E-state index is 0.149. The molecule has 0 aliphatic carbocycles. The van der Waals surface area contributed by atoms with Crippen LogP contribution in [0.15, 0.2) is 34.3 Å². The van der Waals surface area contributed by atoms with Crippen LogP contribution in [0.25, 0.3) is 5.65 Å². The molecule has 0 bridgehead atoms. The molecule has 0 saturated carbocycles. The highest BCUT2D eigenvalue weighted by Gasteiger charge is 2.20. The summed E-state index contributed by atoms with van der Waals surface area (Å²) in [7, 11) is 0. The van der Waals surface area contributed by atoms with Crippen LogP contribution in [0.5, 0.6) is 0 Å². The summed E-state index contributed by atoms with van der Waals surface area (Å²) < 4.78 is 8.94. The van der Waals surface area contributed by atoms with Gasteiger partial charge in [-0.25, -0.2) is 4.98 Å². The van der Waals surface area contributed by atoms with E-state index in [1.165, 1.54) is 22.2 Å². The third kappa shape index (κ3) is 3.80. The van der Waals surface area contributed by atoms with E-state index in [1.807, 2.05) is 0 Å². The second-order valence-electron chi connectivity index (χ2n) is 6.08. The molecule has 0 amide bonds. The number of anilines is 1. The largest absolute Gasteiger partial charge is 0.378 e. The highest BCUT2D eigenvalue weighted by Crippen LogP contribution is 2.25. The summed E-state index contributed by atoms with van der Waals surface area (Å²) in [5, 5.41) is 10.0. The van der Waals surface area contributed by atoms with Crippen molar-refractivity contribution in [3.63, 3.8) is 0 Å². The van der Waals surface area contributed by atoms with Crippen LogP contribution in [0.3, 0.4) is 0 Å². The van der Waals surface area contributed by atoms with Crippen molar-refractivity contribution in [1.82, 2.24) is 24.1 Å². The molecule has 3 aromatic heterocycles. The van der Waals surface area contributed by atoms with Crippen LogP contribution in [-0.2, 0) is 17.0 Å². The van der Waals surface area contributed by atoms with Crippen molar-refractivity contribution in [1.29, 1.82) is 0 Å². The number of hydrogen-bond acceptors (Lipinski definition) is 7. The van der Waals surface area contributed by atoms with E-state index in [-0.39, 0.29) is 5.56 Å². The fourth-order valence-electron chi connectivity index (χ4n) is 3.00. The first-order chi connectivity index (χ1) is 13.2. The lowest BCUT2D eigenvalue weighted by Crippen LogP contribution is -2.38. The number of pyridine rings is 1. The number of nitrogens with zero attached hydrogens (tertiary/aromatic N) is 6. The van der Waals surface area contributed by atoms with Crippen LogP contribution in [0.2, 0.25) is 5.02 Å². The molecule has 0 unspecified atom stereocenters. The number of aromatic nitrogens is 5. The quantitative estimate of drug-likeness (QED) is 0.600. The molecule has 27 heavy (non-hydrogen) atoms. The second-order valence-corrected chi connectivity index (χ2v) is 7.46. The van der Waals surface area contributed by atoms with E-state index in [9.17, 15) is 4.79 Å². The van der Waals surface area contributed by atoms with E-state index in [2.05, 4.69) is 31.6 Å². The summed E-state index contributed by atoms with van der Waals surface area (Å²) in [6, 6.07) is 5.00. The Morgan fingerprint density at radius 1 is 1.26 bits per heavy atom. The van der Waals surface area contributed by atoms with Crippen molar-refractivity contribution in [3.8, 4) is 0 Å². The molecular formula is C17H19ClN6O2S. The van der Waals surface area contributed by atoms with Crippen molar-refractivity contribution in [2.45, 2.75) is 24.4 Å². The maximum atomic E-state index is 12.3. The molecule has 142 valence electrons. The smallest absolute Gasteiger partial charge is 0.258 e. The monoisotopic (exact) mass is 406 g/mol. The third-order valence-corrected chi connectivity index (χ3v) is 5.56. The molecule has 1 fully saturated rings. The van der Waals surface area contributed by atoms with Crippen LogP contribution in [0.1, 0.15) is 12.6 Å². The van der Waals surface area contributed by atoms with Gasteiger partial charge in [-0.2, -0.15) is 0 Å². The van der Waals surface area contributed by atoms with Gasteiger partial charge in [-0.15, -0.1) is 10.2 Å². The molecular weight excluding hydrogens is 388 g/mol. The van der Waals surface area contributed by atoms with Crippen LogP contribution in [0, 0.1) is 0 Å². The zero-order valence-corrected chi connectivity index (χ0v) is 16.4. The Balaban J connectivity index is 1.55. The van der Waals surface area contributed by atoms with Gasteiger partial charge < -0.3 is 9.64 Å². The van der Waals surface area contributed by atoms with Gasteiger partial charge in [0, 0.05) is 37.7 Å². The van der Waals surface area contributed by atoms with Crippen LogP contribution < -0.4 is 10.5 Å². The molecule has 8 nitrogen and oxygen atoms in total. The normalized spacial score (nSPS) is 14.8. The number of hydrogen-bond donors (Lipinski definition) is 0. The lowest BCUT2D eigenvalue weighted by molar-refractivity contribution is 0.121. The van der Waals surface area contributed by atoms with Crippen molar-refractivity contribution >= 4 is 35.0 Å². The number of morpholine rings is 1. The Hall–Kier alpha value is -2.10. The van der Waals surface area contributed by atoms with E-state index < -0.39 is 0 Å². The molecule has 0 radical (unpaired) electrons. The van der Waals surface area contributed by atoms with Crippen LogP contribution >= 0.6 is 23.4 Å². The zero-order chi connectivity index (χ0) is 18.8. The molecule has 4 rings (SSSR count). The Kier molecular flexibility index (Phi) is 5.33. The van der Waals surface area contributed by atoms with Gasteiger partial charge in [0.15, 0.2) is 5.16 Å². The zero-order valence-electron chi connectivity index (χ0n) is 14.8. The Morgan fingerprint density at radius 2 is 2.07 bits per heavy atom. The SMILES string of the molecule is CCn1c(SCc2cc(=O)n3cc(Cl)ccc3n2)nnc1N1CCOCC1. The Bertz CT molecular complexity index is 1010. The molecule has 0 spiro atoms. The number of fused-ring (bicyclic) bond motifs is 1. The highest BCUT2D eigenvalue weighted by molar-refractivity contribution is 7.98. The topological polar surface area (TPSA) is 77.5 Å². The second kappa shape index (κ2) is 7.87. The van der Waals surface area contributed by atoms with Gasteiger partial charge in [0.05, 0.1) is 23.9 Å². The maximum absolute atomic E-state index is 12.3. The summed E-state index contributed by atoms with van der Waals surface area (Å²) >= 11 is 7.47. The summed E-state index contributed by atoms with van der Waals surface area (Å²) in [6.07, 6.45) is 1.57. The molecule has 0 N–H and O–H groups in total. The molecule has 0 atom stereocenters. The van der Waals surface area contributed by atoms with Crippen molar-refractivity contribution < 1.29 is 4.74 Å². The molecule has 1 aliphatic heterocycles. The van der Waals surface area contributed by atoms with E-state index in [1.54, 1.807) is 18.3 Å². The standard InChI is InChI=1S/C17H19ClN6O2S/c1-2-23-16(22-5-7-26-8-6-22)20-21-17(23)27-11-13-9-15(25)24-10-12(18)3-4-14(24)19-13/h3-4,9-10H,2,5-8,11H2,1H3. The number of ether oxygens (including phenoxy) is 1. The fraction of sp³-hybridized carbons (Fsp3) is 0.412. The van der Waals surface area contributed by atoms with Gasteiger partial charge in [0.2, 0.25) is 5.95 Å². The molecule has 1 aliphatic rings. The number of thioether (sulfide) groups is 1.